The van der Waals surface area contributed by atoms with Crippen LogP contribution in [-0.4, -0.2) is 24.1 Å². The Morgan fingerprint density at radius 3 is 2.76 bits per heavy atom. The lowest BCUT2D eigenvalue weighted by Crippen LogP contribution is -2.36. The molecule has 0 spiro atoms. The maximum atomic E-state index is 4.76. The Labute approximate surface area is 130 Å². The lowest BCUT2D eigenvalue weighted by Gasteiger charge is -2.35. The van der Waals surface area contributed by atoms with E-state index in [9.17, 15) is 0 Å². The Bertz CT molecular complexity index is 456. The van der Waals surface area contributed by atoms with Gasteiger partial charge in [-0.1, -0.05) is 33.6 Å². The van der Waals surface area contributed by atoms with Gasteiger partial charge < -0.3 is 10.2 Å². The van der Waals surface area contributed by atoms with Crippen molar-refractivity contribution in [3.05, 3.63) is 23.4 Å². The molecule has 1 saturated carbocycles. The third kappa shape index (κ3) is 4.70. The van der Waals surface area contributed by atoms with Crippen molar-refractivity contribution >= 4 is 5.82 Å². The minimum atomic E-state index is 0.513. The van der Waals surface area contributed by atoms with E-state index in [2.05, 4.69) is 57.1 Å². The Kier molecular flexibility index (Phi) is 5.63. The summed E-state index contributed by atoms with van der Waals surface area (Å²) >= 11 is 0. The summed E-state index contributed by atoms with van der Waals surface area (Å²) in [4.78, 5) is 7.16. The fraction of sp³-hybridized carbons (Fsp3) is 0.722. The molecule has 1 N–H and O–H groups in total. The number of hydrogen-bond acceptors (Lipinski definition) is 3. The lowest BCUT2D eigenvalue weighted by atomic mass is 9.86. The monoisotopic (exact) mass is 289 g/mol. The molecule has 1 fully saturated rings. The number of aromatic nitrogens is 1. The first kappa shape index (κ1) is 16.3. The van der Waals surface area contributed by atoms with Gasteiger partial charge in [-0.15, -0.1) is 0 Å². The van der Waals surface area contributed by atoms with Crippen molar-refractivity contribution in [1.82, 2.24) is 10.3 Å². The molecule has 3 heteroatoms. The van der Waals surface area contributed by atoms with Crippen molar-refractivity contribution in [3.8, 4) is 0 Å². The van der Waals surface area contributed by atoms with Crippen LogP contribution in [0.15, 0.2) is 12.1 Å². The second-order valence-corrected chi connectivity index (χ2v) is 7.05. The van der Waals surface area contributed by atoms with E-state index in [0.29, 0.717) is 12.1 Å². The van der Waals surface area contributed by atoms with Crippen LogP contribution in [-0.2, 0) is 6.54 Å². The van der Waals surface area contributed by atoms with E-state index in [1.165, 1.54) is 31.2 Å². The molecule has 0 amide bonds. The SMILES string of the molecule is Cc1cc(CNC(C)C)cc(N(C)C2CCCC(C)C2)n1. The van der Waals surface area contributed by atoms with Crippen LogP contribution in [0.1, 0.15) is 57.7 Å². The second-order valence-electron chi connectivity index (χ2n) is 7.05. The van der Waals surface area contributed by atoms with E-state index in [1.54, 1.807) is 0 Å². The number of anilines is 1. The Morgan fingerprint density at radius 2 is 2.10 bits per heavy atom. The summed E-state index contributed by atoms with van der Waals surface area (Å²) in [6.45, 7) is 9.76. The van der Waals surface area contributed by atoms with Crippen LogP contribution in [0.5, 0.6) is 0 Å². The minimum absolute atomic E-state index is 0.513. The molecular weight excluding hydrogens is 258 g/mol. The van der Waals surface area contributed by atoms with Gasteiger partial charge in [-0.25, -0.2) is 4.98 Å². The molecule has 2 unspecified atom stereocenters. The molecule has 21 heavy (non-hydrogen) atoms. The maximum absolute atomic E-state index is 4.76. The van der Waals surface area contributed by atoms with Crippen LogP contribution in [0.4, 0.5) is 5.82 Å². The van der Waals surface area contributed by atoms with E-state index >= 15 is 0 Å². The molecule has 1 aliphatic carbocycles. The average molecular weight is 289 g/mol. The third-order valence-corrected chi connectivity index (χ3v) is 4.53. The van der Waals surface area contributed by atoms with Gasteiger partial charge in [0.25, 0.3) is 0 Å². The topological polar surface area (TPSA) is 28.2 Å². The first-order valence-electron chi connectivity index (χ1n) is 8.39. The van der Waals surface area contributed by atoms with Crippen molar-refractivity contribution in [3.63, 3.8) is 0 Å². The van der Waals surface area contributed by atoms with Gasteiger partial charge in [0.15, 0.2) is 0 Å². The van der Waals surface area contributed by atoms with Crippen LogP contribution in [0.25, 0.3) is 0 Å². The maximum Gasteiger partial charge on any atom is 0.129 e. The number of hydrogen-bond donors (Lipinski definition) is 1. The van der Waals surface area contributed by atoms with Gasteiger partial charge in [-0.2, -0.15) is 0 Å². The standard InChI is InChI=1S/C18H31N3/c1-13(2)19-12-16-10-15(4)20-18(11-16)21(5)17-8-6-7-14(3)9-17/h10-11,13-14,17,19H,6-9,12H2,1-5H3. The van der Waals surface area contributed by atoms with Gasteiger partial charge in [0, 0.05) is 31.4 Å². The molecule has 2 atom stereocenters. The van der Waals surface area contributed by atoms with Crippen LogP contribution in [0.2, 0.25) is 0 Å². The van der Waals surface area contributed by atoms with Gasteiger partial charge in [0.2, 0.25) is 0 Å². The zero-order valence-corrected chi connectivity index (χ0v) is 14.3. The molecule has 0 saturated heterocycles. The van der Waals surface area contributed by atoms with E-state index in [1.807, 2.05) is 0 Å². The Hall–Kier alpha value is -1.09. The van der Waals surface area contributed by atoms with Gasteiger partial charge in [0.05, 0.1) is 0 Å². The number of pyridine rings is 1. The predicted octanol–water partition coefficient (Wildman–Crippen LogP) is 3.90. The molecule has 1 aromatic rings. The first-order chi connectivity index (χ1) is 9.95. The van der Waals surface area contributed by atoms with E-state index in [-0.39, 0.29) is 0 Å². The zero-order valence-electron chi connectivity index (χ0n) is 14.3. The van der Waals surface area contributed by atoms with Crippen LogP contribution < -0.4 is 10.2 Å². The summed E-state index contributed by atoms with van der Waals surface area (Å²) in [7, 11) is 2.21. The van der Waals surface area contributed by atoms with Crippen LogP contribution >= 0.6 is 0 Å². The number of aryl methyl sites for hydroxylation is 1. The van der Waals surface area contributed by atoms with E-state index in [0.717, 1.165) is 24.0 Å². The average Bonchev–Trinajstić information content (AvgIpc) is 2.43. The summed E-state index contributed by atoms with van der Waals surface area (Å²) < 4.78 is 0. The van der Waals surface area contributed by atoms with Crippen molar-refractivity contribution < 1.29 is 0 Å². The lowest BCUT2D eigenvalue weighted by molar-refractivity contribution is 0.335. The highest BCUT2D eigenvalue weighted by atomic mass is 15.2. The number of rotatable bonds is 5. The van der Waals surface area contributed by atoms with E-state index in [4.69, 9.17) is 4.98 Å². The Balaban J connectivity index is 2.10. The highest BCUT2D eigenvalue weighted by Gasteiger charge is 2.23. The summed E-state index contributed by atoms with van der Waals surface area (Å²) in [5.74, 6) is 1.98. The van der Waals surface area contributed by atoms with Gasteiger partial charge in [-0.05, 0) is 43.4 Å². The molecule has 3 nitrogen and oxygen atoms in total. The van der Waals surface area contributed by atoms with Gasteiger partial charge in [0.1, 0.15) is 5.82 Å². The normalized spacial score (nSPS) is 22.6. The predicted molar refractivity (Wildman–Crippen MR) is 90.8 cm³/mol. The smallest absolute Gasteiger partial charge is 0.129 e. The van der Waals surface area contributed by atoms with Crippen LogP contribution in [0, 0.1) is 12.8 Å². The molecule has 0 aromatic carbocycles. The molecule has 0 radical (unpaired) electrons. The van der Waals surface area contributed by atoms with Gasteiger partial charge in [-0.3, -0.25) is 0 Å². The molecule has 0 aliphatic heterocycles. The van der Waals surface area contributed by atoms with E-state index < -0.39 is 0 Å². The van der Waals surface area contributed by atoms with Crippen molar-refractivity contribution in [2.75, 3.05) is 11.9 Å². The molecule has 1 heterocycles. The summed E-state index contributed by atoms with van der Waals surface area (Å²) in [6, 6.07) is 5.60. The zero-order chi connectivity index (χ0) is 15.4. The Morgan fingerprint density at radius 1 is 1.33 bits per heavy atom. The molecule has 1 aromatic heterocycles. The first-order valence-corrected chi connectivity index (χ1v) is 8.39. The van der Waals surface area contributed by atoms with Crippen molar-refractivity contribution in [1.29, 1.82) is 0 Å². The summed E-state index contributed by atoms with van der Waals surface area (Å²) in [6.07, 6.45) is 5.33. The van der Waals surface area contributed by atoms with Gasteiger partial charge >= 0.3 is 0 Å². The largest absolute Gasteiger partial charge is 0.357 e. The van der Waals surface area contributed by atoms with Crippen LogP contribution in [0.3, 0.4) is 0 Å². The number of nitrogens with one attached hydrogen (secondary N) is 1. The highest BCUT2D eigenvalue weighted by Crippen LogP contribution is 2.29. The molecule has 0 bridgehead atoms. The molecule has 1 aliphatic rings. The third-order valence-electron chi connectivity index (χ3n) is 4.53. The molecular formula is C18H31N3. The molecule has 118 valence electrons. The summed E-state index contributed by atoms with van der Waals surface area (Å²) in [5, 5.41) is 3.50. The molecule has 2 rings (SSSR count). The fourth-order valence-electron chi connectivity index (χ4n) is 3.27. The fourth-order valence-corrected chi connectivity index (χ4v) is 3.27. The minimum Gasteiger partial charge on any atom is -0.357 e. The second kappa shape index (κ2) is 7.26. The van der Waals surface area contributed by atoms with Crippen molar-refractivity contribution in [2.45, 2.75) is 72.0 Å². The quantitative estimate of drug-likeness (QED) is 0.891. The summed E-state index contributed by atoms with van der Waals surface area (Å²) in [5.41, 5.74) is 2.45. The highest BCUT2D eigenvalue weighted by molar-refractivity contribution is 5.43. The van der Waals surface area contributed by atoms with Crippen molar-refractivity contribution in [2.24, 2.45) is 5.92 Å². The number of nitrogens with zero attached hydrogens (tertiary/aromatic N) is 2.